The van der Waals surface area contributed by atoms with Crippen LogP contribution in [-0.4, -0.2) is 0 Å². The Hall–Kier alpha value is -0.780. The van der Waals surface area contributed by atoms with E-state index in [0.29, 0.717) is 5.92 Å². The van der Waals surface area contributed by atoms with E-state index in [0.717, 1.165) is 6.42 Å². The van der Waals surface area contributed by atoms with Crippen LogP contribution in [0.2, 0.25) is 0 Å². The maximum atomic E-state index is 4.20. The summed E-state index contributed by atoms with van der Waals surface area (Å²) in [5, 5.41) is 0. The average Bonchev–Trinajstić information content (AvgIpc) is 2.18. The SMILES string of the molecule is C=C1CC/C=C(\C)CC/C=C(\C)CC1C. The fourth-order valence-electron chi connectivity index (χ4n) is 2.11. The maximum Gasteiger partial charge on any atom is -0.0197 e. The number of rotatable bonds is 0. The molecule has 0 fully saturated rings. The minimum absolute atomic E-state index is 0.646. The molecule has 0 saturated carbocycles. The third-order valence-electron chi connectivity index (χ3n) is 3.31. The van der Waals surface area contributed by atoms with Crippen LogP contribution < -0.4 is 0 Å². The summed E-state index contributed by atoms with van der Waals surface area (Å²) in [6.45, 7) is 11.0. The van der Waals surface area contributed by atoms with Gasteiger partial charge in [0, 0.05) is 0 Å². The van der Waals surface area contributed by atoms with Gasteiger partial charge in [-0.3, -0.25) is 0 Å². The van der Waals surface area contributed by atoms with Crippen molar-refractivity contribution in [2.45, 2.75) is 52.9 Å². The Balaban J connectivity index is 2.70. The van der Waals surface area contributed by atoms with E-state index in [1.165, 1.54) is 42.4 Å². The van der Waals surface area contributed by atoms with Gasteiger partial charge in [-0.25, -0.2) is 0 Å². The second-order valence-electron chi connectivity index (χ2n) is 4.94. The summed E-state index contributed by atoms with van der Waals surface area (Å²) in [5.74, 6) is 0.646. The molecule has 15 heavy (non-hydrogen) atoms. The highest BCUT2D eigenvalue weighted by atomic mass is 14.1. The Labute approximate surface area is 94.8 Å². The van der Waals surface area contributed by atoms with E-state index in [1.54, 1.807) is 0 Å². The average molecular weight is 204 g/mol. The largest absolute Gasteiger partial charge is 0.0996 e. The van der Waals surface area contributed by atoms with E-state index in [-0.39, 0.29) is 0 Å². The molecule has 0 aromatic heterocycles. The zero-order valence-electron chi connectivity index (χ0n) is 10.5. The lowest BCUT2D eigenvalue weighted by atomic mass is 9.92. The Morgan fingerprint density at radius 1 is 1.07 bits per heavy atom. The summed E-state index contributed by atoms with van der Waals surface area (Å²) in [7, 11) is 0. The lowest BCUT2D eigenvalue weighted by Gasteiger charge is -2.14. The quantitative estimate of drug-likeness (QED) is 0.485. The van der Waals surface area contributed by atoms with Crippen LogP contribution in [0.25, 0.3) is 0 Å². The molecule has 0 aromatic rings. The first-order valence-electron chi connectivity index (χ1n) is 6.08. The fourth-order valence-corrected chi connectivity index (χ4v) is 2.11. The van der Waals surface area contributed by atoms with Gasteiger partial charge in [0.2, 0.25) is 0 Å². The van der Waals surface area contributed by atoms with Crippen LogP contribution in [-0.2, 0) is 0 Å². The maximum absolute atomic E-state index is 4.20. The molecule has 0 heteroatoms. The molecular weight excluding hydrogens is 180 g/mol. The van der Waals surface area contributed by atoms with Crippen molar-refractivity contribution in [2.75, 3.05) is 0 Å². The monoisotopic (exact) mass is 204 g/mol. The van der Waals surface area contributed by atoms with Crippen molar-refractivity contribution in [1.82, 2.24) is 0 Å². The Kier molecular flexibility index (Phi) is 4.87. The first-order chi connectivity index (χ1) is 7.09. The van der Waals surface area contributed by atoms with Gasteiger partial charge in [0.05, 0.1) is 0 Å². The van der Waals surface area contributed by atoms with Crippen molar-refractivity contribution in [3.8, 4) is 0 Å². The summed E-state index contributed by atoms with van der Waals surface area (Å²) in [5.41, 5.74) is 4.47. The van der Waals surface area contributed by atoms with Gasteiger partial charge in [0.25, 0.3) is 0 Å². The molecule has 0 N–H and O–H groups in total. The van der Waals surface area contributed by atoms with E-state index >= 15 is 0 Å². The van der Waals surface area contributed by atoms with E-state index in [4.69, 9.17) is 0 Å². The molecule has 0 amide bonds. The zero-order chi connectivity index (χ0) is 11.3. The van der Waals surface area contributed by atoms with E-state index < -0.39 is 0 Å². The lowest BCUT2D eigenvalue weighted by molar-refractivity contribution is 0.641. The zero-order valence-corrected chi connectivity index (χ0v) is 10.5. The second kappa shape index (κ2) is 5.95. The summed E-state index contributed by atoms with van der Waals surface area (Å²) < 4.78 is 0. The Bertz CT molecular complexity index is 278. The highest BCUT2D eigenvalue weighted by Crippen LogP contribution is 2.24. The van der Waals surface area contributed by atoms with E-state index in [2.05, 4.69) is 39.5 Å². The lowest BCUT2D eigenvalue weighted by Crippen LogP contribution is -1.99. The van der Waals surface area contributed by atoms with Gasteiger partial charge in [-0.2, -0.15) is 0 Å². The van der Waals surface area contributed by atoms with Crippen molar-refractivity contribution >= 4 is 0 Å². The number of allylic oxidation sites excluding steroid dienone is 5. The van der Waals surface area contributed by atoms with Crippen LogP contribution >= 0.6 is 0 Å². The molecule has 0 heterocycles. The third-order valence-corrected chi connectivity index (χ3v) is 3.31. The molecule has 1 atom stereocenters. The van der Waals surface area contributed by atoms with Gasteiger partial charge in [-0.15, -0.1) is 0 Å². The Morgan fingerprint density at radius 2 is 1.67 bits per heavy atom. The number of hydrogen-bond acceptors (Lipinski definition) is 0. The molecule has 1 aliphatic rings. The van der Waals surface area contributed by atoms with E-state index in [9.17, 15) is 0 Å². The fraction of sp³-hybridized carbons (Fsp3) is 0.600. The van der Waals surface area contributed by atoms with Gasteiger partial charge >= 0.3 is 0 Å². The molecule has 0 saturated heterocycles. The number of hydrogen-bond donors (Lipinski definition) is 0. The van der Waals surface area contributed by atoms with Crippen LogP contribution in [0, 0.1) is 5.92 Å². The summed E-state index contributed by atoms with van der Waals surface area (Å²) in [6.07, 6.45) is 10.7. The van der Waals surface area contributed by atoms with Crippen LogP contribution in [0.3, 0.4) is 0 Å². The minimum Gasteiger partial charge on any atom is -0.0996 e. The van der Waals surface area contributed by atoms with Crippen molar-refractivity contribution in [2.24, 2.45) is 5.92 Å². The van der Waals surface area contributed by atoms with Gasteiger partial charge in [-0.05, 0) is 51.9 Å². The Morgan fingerprint density at radius 3 is 2.40 bits per heavy atom. The highest BCUT2D eigenvalue weighted by molar-refractivity contribution is 5.11. The second-order valence-corrected chi connectivity index (χ2v) is 4.94. The summed E-state index contributed by atoms with van der Waals surface area (Å²) >= 11 is 0. The van der Waals surface area contributed by atoms with Crippen molar-refractivity contribution < 1.29 is 0 Å². The summed E-state index contributed by atoms with van der Waals surface area (Å²) in [6, 6.07) is 0. The standard InChI is InChI=1S/C15H24/c1-12-7-5-9-13(2)11-15(4)14(3)10-6-8-12/h8-9,15H,3,5-7,10-11H2,1-2,4H3/b12-8+,13-9+. The molecule has 84 valence electrons. The van der Waals surface area contributed by atoms with Gasteiger partial charge in [-0.1, -0.05) is 42.4 Å². The van der Waals surface area contributed by atoms with Crippen LogP contribution in [0.1, 0.15) is 52.9 Å². The minimum atomic E-state index is 0.646. The van der Waals surface area contributed by atoms with Crippen molar-refractivity contribution in [3.05, 3.63) is 35.5 Å². The smallest absolute Gasteiger partial charge is 0.0197 e. The molecule has 0 nitrogen and oxygen atoms in total. The summed E-state index contributed by atoms with van der Waals surface area (Å²) in [4.78, 5) is 0. The first-order valence-corrected chi connectivity index (χ1v) is 6.08. The molecule has 1 unspecified atom stereocenters. The molecule has 0 bridgehead atoms. The van der Waals surface area contributed by atoms with Crippen molar-refractivity contribution in [1.29, 1.82) is 0 Å². The van der Waals surface area contributed by atoms with Crippen LogP contribution in [0.5, 0.6) is 0 Å². The van der Waals surface area contributed by atoms with Crippen molar-refractivity contribution in [3.63, 3.8) is 0 Å². The molecule has 0 spiro atoms. The highest BCUT2D eigenvalue weighted by Gasteiger charge is 2.07. The van der Waals surface area contributed by atoms with Gasteiger partial charge < -0.3 is 0 Å². The normalized spacial score (nSPS) is 32.2. The van der Waals surface area contributed by atoms with Gasteiger partial charge in [0.1, 0.15) is 0 Å². The molecule has 0 radical (unpaired) electrons. The molecule has 0 aromatic carbocycles. The third kappa shape index (κ3) is 4.51. The predicted molar refractivity (Wildman–Crippen MR) is 68.9 cm³/mol. The molecule has 1 aliphatic carbocycles. The van der Waals surface area contributed by atoms with Crippen LogP contribution in [0.4, 0.5) is 0 Å². The predicted octanol–water partition coefficient (Wildman–Crippen LogP) is 5.04. The molecule has 0 aliphatic heterocycles. The first kappa shape index (κ1) is 12.3. The van der Waals surface area contributed by atoms with Crippen LogP contribution in [0.15, 0.2) is 35.5 Å². The molecular formula is C15H24. The topological polar surface area (TPSA) is 0 Å². The van der Waals surface area contributed by atoms with E-state index in [1.807, 2.05) is 0 Å². The van der Waals surface area contributed by atoms with Gasteiger partial charge in [0.15, 0.2) is 0 Å². The molecule has 1 rings (SSSR count).